The quantitative estimate of drug-likeness (QED) is 0.334. The van der Waals surface area contributed by atoms with Crippen LogP contribution in [0.5, 0.6) is 0 Å². The number of aliphatic hydroxyl groups is 1. The Balaban J connectivity index is 7.03. The third kappa shape index (κ3) is 4.04. The van der Waals surface area contributed by atoms with E-state index in [1.165, 1.54) is 0 Å². The molecule has 0 aromatic heterocycles. The summed E-state index contributed by atoms with van der Waals surface area (Å²) in [5, 5.41) is 7.41. The molecule has 0 aromatic carbocycles. The van der Waals surface area contributed by atoms with Gasteiger partial charge in [0.25, 0.3) is 0 Å². The first kappa shape index (κ1) is 31.2. The molecule has 0 bridgehead atoms. The Morgan fingerprint density at radius 2 is 0.606 bits per heavy atom. The van der Waals surface area contributed by atoms with E-state index in [9.17, 15) is 92.2 Å². The molecule has 0 aliphatic carbocycles. The molecule has 0 aromatic rings. The molecule has 0 atom stereocenters. The molecule has 0 fully saturated rings. The first-order valence-corrected chi connectivity index (χ1v) is 6.69. The van der Waals surface area contributed by atoms with Crippen LogP contribution in [0.2, 0.25) is 0 Å². The van der Waals surface area contributed by atoms with Crippen LogP contribution in [0.25, 0.3) is 0 Å². The van der Waals surface area contributed by atoms with Gasteiger partial charge >= 0.3 is 53.7 Å². The van der Waals surface area contributed by atoms with Crippen LogP contribution < -0.4 is 0 Å². The van der Waals surface area contributed by atoms with Crippen molar-refractivity contribution >= 4 is 0 Å². The number of hydrogen-bond acceptors (Lipinski definition) is 1. The predicted octanol–water partition coefficient (Wildman–Crippen LogP) is 6.73. The highest BCUT2D eigenvalue weighted by molar-refractivity contribution is 5.23. The van der Waals surface area contributed by atoms with E-state index in [0.717, 1.165) is 0 Å². The third-order valence-electron chi connectivity index (χ3n) is 3.46. The van der Waals surface area contributed by atoms with E-state index in [2.05, 4.69) is 0 Å². The van der Waals surface area contributed by atoms with Gasteiger partial charge in [0.1, 0.15) is 0 Å². The zero-order chi connectivity index (χ0) is 27.7. The summed E-state index contributed by atoms with van der Waals surface area (Å²) < 4.78 is 267. The second-order valence-electron chi connectivity index (χ2n) is 5.69. The van der Waals surface area contributed by atoms with Gasteiger partial charge in [0, 0.05) is 0 Å². The lowest BCUT2D eigenvalue weighted by Crippen LogP contribution is -2.74. The standard InChI is InChI=1S/C11HF21O/c12-1(2(13)4(16,17)18)3(14,15)5(19,20)6(21,22)7(23,24)8(25,26)9(27,28)10(29,30)11(31,32)33/h33H/b2-1+. The second-order valence-corrected chi connectivity index (χ2v) is 5.69. The smallest absolute Gasteiger partial charge is 0.331 e. The first-order valence-electron chi connectivity index (χ1n) is 6.69. The van der Waals surface area contributed by atoms with Gasteiger partial charge in [-0.3, -0.25) is 0 Å². The van der Waals surface area contributed by atoms with Gasteiger partial charge in [-0.25, -0.2) is 4.39 Å². The number of alkyl halides is 19. The fourth-order valence-electron chi connectivity index (χ4n) is 1.57. The molecule has 198 valence electrons. The zero-order valence-corrected chi connectivity index (χ0v) is 13.9. The summed E-state index contributed by atoms with van der Waals surface area (Å²) in [5.41, 5.74) is 0. The van der Waals surface area contributed by atoms with Crippen LogP contribution in [-0.2, 0) is 0 Å². The van der Waals surface area contributed by atoms with Crippen LogP contribution in [0.3, 0.4) is 0 Å². The molecule has 0 heterocycles. The van der Waals surface area contributed by atoms with Gasteiger partial charge in [-0.2, -0.15) is 87.8 Å². The molecule has 0 radical (unpaired) electrons. The van der Waals surface area contributed by atoms with Crippen LogP contribution in [0.4, 0.5) is 92.2 Å². The van der Waals surface area contributed by atoms with E-state index in [1.54, 1.807) is 0 Å². The van der Waals surface area contributed by atoms with Crippen molar-refractivity contribution in [2.24, 2.45) is 0 Å². The summed E-state index contributed by atoms with van der Waals surface area (Å²) in [4.78, 5) is 0. The average Bonchev–Trinajstić information content (AvgIpc) is 2.57. The van der Waals surface area contributed by atoms with Gasteiger partial charge < -0.3 is 5.11 Å². The molecule has 0 spiro atoms. The number of halogens is 21. The monoisotopic (exact) mass is 548 g/mol. The topological polar surface area (TPSA) is 20.2 Å². The van der Waals surface area contributed by atoms with Crippen molar-refractivity contribution in [3.8, 4) is 0 Å². The molecule has 1 N–H and O–H groups in total. The van der Waals surface area contributed by atoms with Crippen LogP contribution in [-0.4, -0.2) is 58.8 Å². The molecule has 0 saturated heterocycles. The number of rotatable bonds is 8. The van der Waals surface area contributed by atoms with E-state index in [4.69, 9.17) is 5.11 Å². The van der Waals surface area contributed by atoms with Crippen molar-refractivity contribution in [2.45, 2.75) is 53.7 Å². The maximum Gasteiger partial charge on any atom is 0.445 e. The molecule has 0 aliphatic rings. The maximum atomic E-state index is 13.2. The molecule has 0 rings (SSSR count). The number of allylic oxidation sites excluding steroid dienone is 2. The molecule has 22 heteroatoms. The van der Waals surface area contributed by atoms with Gasteiger partial charge in [-0.1, -0.05) is 0 Å². The van der Waals surface area contributed by atoms with E-state index in [1.807, 2.05) is 0 Å². The molecular formula is C11HF21O. The Morgan fingerprint density at radius 3 is 0.848 bits per heavy atom. The van der Waals surface area contributed by atoms with Crippen molar-refractivity contribution < 1.29 is 97.3 Å². The molecule has 0 aliphatic heterocycles. The van der Waals surface area contributed by atoms with Crippen LogP contribution in [0, 0.1) is 0 Å². The lowest BCUT2D eigenvalue weighted by Gasteiger charge is -2.42. The lowest BCUT2D eigenvalue weighted by atomic mass is 9.88. The Kier molecular flexibility index (Phi) is 7.21. The highest BCUT2D eigenvalue weighted by Gasteiger charge is 2.95. The first-order chi connectivity index (χ1) is 13.8. The minimum absolute atomic E-state index is 5.03. The largest absolute Gasteiger partial charge is 0.445 e. The third-order valence-corrected chi connectivity index (χ3v) is 3.46. The molecule has 33 heavy (non-hydrogen) atoms. The van der Waals surface area contributed by atoms with Gasteiger partial charge in [0.15, 0.2) is 0 Å². The fraction of sp³-hybridized carbons (Fsp3) is 0.818. The molecule has 1 nitrogen and oxygen atoms in total. The summed E-state index contributed by atoms with van der Waals surface area (Å²) in [5.74, 6) is -71.4. The summed E-state index contributed by atoms with van der Waals surface area (Å²) >= 11 is 0. The van der Waals surface area contributed by atoms with E-state index in [0.29, 0.717) is 0 Å². The highest BCUT2D eigenvalue weighted by Crippen LogP contribution is 2.64. The summed E-state index contributed by atoms with van der Waals surface area (Å²) in [7, 11) is 0. The van der Waals surface area contributed by atoms with E-state index < -0.39 is 65.4 Å². The van der Waals surface area contributed by atoms with Crippen LogP contribution in [0.1, 0.15) is 0 Å². The Hall–Kier alpha value is -1.77. The van der Waals surface area contributed by atoms with Gasteiger partial charge in [-0.15, -0.1) is 0 Å². The van der Waals surface area contributed by atoms with Crippen molar-refractivity contribution in [3.63, 3.8) is 0 Å². The predicted molar refractivity (Wildman–Crippen MR) is 57.1 cm³/mol. The molecule has 0 saturated carbocycles. The Morgan fingerprint density at radius 1 is 0.364 bits per heavy atom. The van der Waals surface area contributed by atoms with Gasteiger partial charge in [0.05, 0.1) is 0 Å². The fourth-order valence-corrected chi connectivity index (χ4v) is 1.57. The highest BCUT2D eigenvalue weighted by atomic mass is 19.4. The Bertz CT molecular complexity index is 764. The van der Waals surface area contributed by atoms with Crippen molar-refractivity contribution in [2.75, 3.05) is 0 Å². The number of hydrogen-bond donors (Lipinski definition) is 1. The Labute approximate surface area is 164 Å². The normalized spacial score (nSPS) is 17.3. The van der Waals surface area contributed by atoms with Gasteiger partial charge in [-0.05, 0) is 0 Å². The SMILES string of the molecule is OC(F)(F)C(F)(F)C(F)(F)C(F)(F)C(F)(F)C(F)(F)C(F)(F)C(F)(F)/C(F)=C(\F)C(F)(F)F. The van der Waals surface area contributed by atoms with Crippen molar-refractivity contribution in [1.29, 1.82) is 0 Å². The summed E-state index contributed by atoms with van der Waals surface area (Å²) in [6.07, 6.45) is -14.6. The zero-order valence-electron chi connectivity index (χ0n) is 13.9. The molecule has 0 amide bonds. The average molecular weight is 548 g/mol. The minimum atomic E-state index is -9.07. The minimum Gasteiger partial charge on any atom is -0.331 e. The summed E-state index contributed by atoms with van der Waals surface area (Å²) in [6.45, 7) is 0. The van der Waals surface area contributed by atoms with Crippen molar-refractivity contribution in [3.05, 3.63) is 11.7 Å². The molecule has 0 unspecified atom stereocenters. The van der Waals surface area contributed by atoms with Crippen LogP contribution in [0.15, 0.2) is 11.7 Å². The van der Waals surface area contributed by atoms with E-state index in [-0.39, 0.29) is 0 Å². The second kappa shape index (κ2) is 7.62. The van der Waals surface area contributed by atoms with Crippen LogP contribution >= 0.6 is 0 Å². The lowest BCUT2D eigenvalue weighted by molar-refractivity contribution is -0.468. The van der Waals surface area contributed by atoms with Crippen molar-refractivity contribution in [1.82, 2.24) is 0 Å². The maximum absolute atomic E-state index is 13.2. The van der Waals surface area contributed by atoms with E-state index >= 15 is 0 Å². The summed E-state index contributed by atoms with van der Waals surface area (Å²) in [6, 6.07) is 0. The van der Waals surface area contributed by atoms with Gasteiger partial charge in [0.2, 0.25) is 11.7 Å². The molecular weight excluding hydrogens is 547 g/mol.